The van der Waals surface area contributed by atoms with Gasteiger partial charge in [0.05, 0.1) is 48.7 Å². The first-order chi connectivity index (χ1) is 21.9. The number of ether oxygens (including phenoxy) is 1. The number of benzene rings is 3. The fourth-order valence-corrected chi connectivity index (χ4v) is 6.26. The molecule has 46 heavy (non-hydrogen) atoms. The molecule has 0 aliphatic rings. The van der Waals surface area contributed by atoms with E-state index >= 15 is 0 Å². The van der Waals surface area contributed by atoms with E-state index in [-0.39, 0.29) is 36.0 Å². The molecule has 3 aromatic carbocycles. The van der Waals surface area contributed by atoms with E-state index in [0.29, 0.717) is 22.3 Å². The third-order valence-corrected chi connectivity index (χ3v) is 8.93. The van der Waals surface area contributed by atoms with E-state index in [1.165, 1.54) is 25.3 Å². The molecule has 4 rings (SSSR count). The summed E-state index contributed by atoms with van der Waals surface area (Å²) in [6.07, 6.45) is -4.48. The number of anilines is 4. The topological polar surface area (TPSA) is 119 Å². The summed E-state index contributed by atoms with van der Waals surface area (Å²) in [5.41, 5.74) is 3.38. The van der Waals surface area contributed by atoms with Crippen LogP contribution < -0.4 is 20.3 Å². The van der Waals surface area contributed by atoms with E-state index in [4.69, 9.17) is 4.74 Å². The number of fused-ring (bicyclic) bond motifs is 1. The summed E-state index contributed by atoms with van der Waals surface area (Å²) in [4.78, 5) is 1.86. The second-order valence-corrected chi connectivity index (χ2v) is 12.3. The van der Waals surface area contributed by atoms with E-state index in [0.717, 1.165) is 20.2 Å². The summed E-state index contributed by atoms with van der Waals surface area (Å²) < 4.78 is 74.4. The second-order valence-electron chi connectivity index (χ2n) is 10.4. The number of aliphatic hydroxyl groups is 2. The summed E-state index contributed by atoms with van der Waals surface area (Å²) in [5.74, 6) is 5.90. The van der Waals surface area contributed by atoms with Crippen molar-refractivity contribution in [1.29, 1.82) is 0 Å². The molecule has 4 aromatic rings. The maximum absolute atomic E-state index is 13.6. The average molecular weight is 660 g/mol. The quantitative estimate of drug-likeness (QED) is 0.156. The molecule has 0 bridgehead atoms. The molecule has 1 aromatic heterocycles. The number of alkyl halides is 3. The number of nitrogens with zero attached hydrogens (tertiary/aromatic N) is 3. The molecule has 0 aliphatic heterocycles. The van der Waals surface area contributed by atoms with Crippen LogP contribution >= 0.6 is 0 Å². The summed E-state index contributed by atoms with van der Waals surface area (Å²) in [5, 5.41) is 25.4. The first-order valence-corrected chi connectivity index (χ1v) is 15.7. The van der Waals surface area contributed by atoms with Crippen molar-refractivity contribution in [2.24, 2.45) is 0 Å². The summed E-state index contributed by atoms with van der Waals surface area (Å²) in [7, 11) is 1.20. The number of methoxy groups -OCH3 is 1. The molecule has 0 amide bonds. The van der Waals surface area contributed by atoms with Crippen molar-refractivity contribution >= 4 is 43.7 Å². The van der Waals surface area contributed by atoms with Gasteiger partial charge < -0.3 is 35.1 Å². The third-order valence-electron chi connectivity index (χ3n) is 7.04. The van der Waals surface area contributed by atoms with E-state index < -0.39 is 36.0 Å². The van der Waals surface area contributed by atoms with Crippen LogP contribution in [0.5, 0.6) is 5.75 Å². The molecule has 14 heteroatoms. The molecule has 0 radical (unpaired) electrons. The fourth-order valence-electron chi connectivity index (χ4n) is 4.82. The molecule has 4 N–H and O–H groups in total. The zero-order chi connectivity index (χ0) is 33.5. The van der Waals surface area contributed by atoms with Gasteiger partial charge in [-0.1, -0.05) is 12.0 Å². The Morgan fingerprint density at radius 1 is 0.957 bits per heavy atom. The van der Waals surface area contributed by atoms with Crippen molar-refractivity contribution in [1.82, 2.24) is 8.87 Å². The number of sulfonamides is 1. The van der Waals surface area contributed by atoms with Gasteiger partial charge in [0.2, 0.25) is 10.0 Å². The summed E-state index contributed by atoms with van der Waals surface area (Å²) >= 11 is 0. The SMILES string of the molecule is COc1cc(S(=O)(=O)N(CCO)CCO)ccc1NCC#Cc1cc2c(Nc3ccc(N(C)C)cc3)cccc2n1CC(F)(F)F. The van der Waals surface area contributed by atoms with Gasteiger partial charge in [0, 0.05) is 55.7 Å². The van der Waals surface area contributed by atoms with Crippen LogP contribution in [0.3, 0.4) is 0 Å². The first kappa shape index (κ1) is 34.5. The molecule has 246 valence electrons. The Labute approximate surface area is 266 Å². The summed E-state index contributed by atoms with van der Waals surface area (Å²) in [6.45, 7) is -2.41. The zero-order valence-electron chi connectivity index (χ0n) is 25.6. The normalized spacial score (nSPS) is 11.8. The Hall–Kier alpha value is -4.42. The first-order valence-electron chi connectivity index (χ1n) is 14.2. The third kappa shape index (κ3) is 8.24. The van der Waals surface area contributed by atoms with Crippen molar-refractivity contribution in [2.75, 3.05) is 69.6 Å². The molecule has 0 unspecified atom stereocenters. The van der Waals surface area contributed by atoms with E-state index in [2.05, 4.69) is 22.5 Å². The van der Waals surface area contributed by atoms with Crippen LogP contribution in [0, 0.1) is 11.8 Å². The van der Waals surface area contributed by atoms with Crippen LogP contribution in [-0.4, -0.2) is 87.7 Å². The molecule has 1 heterocycles. The highest BCUT2D eigenvalue weighted by Gasteiger charge is 2.30. The van der Waals surface area contributed by atoms with Gasteiger partial charge in [-0.3, -0.25) is 0 Å². The van der Waals surface area contributed by atoms with Crippen molar-refractivity contribution in [2.45, 2.75) is 17.6 Å². The molecule has 0 aliphatic carbocycles. The largest absolute Gasteiger partial charge is 0.495 e. The van der Waals surface area contributed by atoms with Crippen LogP contribution in [-0.2, 0) is 16.6 Å². The van der Waals surface area contributed by atoms with Crippen molar-refractivity contribution in [3.05, 3.63) is 72.4 Å². The van der Waals surface area contributed by atoms with Gasteiger partial charge in [-0.05, 0) is 60.5 Å². The minimum Gasteiger partial charge on any atom is -0.495 e. The van der Waals surface area contributed by atoms with Crippen LogP contribution in [0.1, 0.15) is 5.69 Å². The van der Waals surface area contributed by atoms with Gasteiger partial charge in [-0.15, -0.1) is 0 Å². The number of nitrogens with one attached hydrogen (secondary N) is 2. The maximum atomic E-state index is 13.6. The standard InChI is InChI=1S/C32H36F3N5O5S/c1-38(2)24-11-9-23(10-12-24)37-28-7-4-8-30-27(28)20-25(40(30)22-32(33,34)35)6-5-15-36-29-14-13-26(21-31(29)45-3)46(43,44)39(16-18-41)17-19-42/h4,7-14,20-21,36-37,41-42H,15-19,22H2,1-3H3. The molecule has 0 atom stereocenters. The molecular formula is C32H36F3N5O5S. The average Bonchev–Trinajstić information content (AvgIpc) is 3.35. The van der Waals surface area contributed by atoms with Gasteiger partial charge in [-0.25, -0.2) is 8.42 Å². The van der Waals surface area contributed by atoms with Crippen LogP contribution in [0.2, 0.25) is 0 Å². The fraction of sp³-hybridized carbons (Fsp3) is 0.312. The van der Waals surface area contributed by atoms with E-state index in [9.17, 15) is 31.8 Å². The van der Waals surface area contributed by atoms with Gasteiger partial charge in [0.15, 0.2) is 0 Å². The van der Waals surface area contributed by atoms with E-state index in [1.54, 1.807) is 24.3 Å². The lowest BCUT2D eigenvalue weighted by molar-refractivity contribution is -0.140. The highest BCUT2D eigenvalue weighted by atomic mass is 32.2. The lowest BCUT2D eigenvalue weighted by Gasteiger charge is -2.21. The number of aromatic nitrogens is 1. The number of aliphatic hydroxyl groups excluding tert-OH is 2. The van der Waals surface area contributed by atoms with Crippen molar-refractivity contribution in [3.8, 4) is 17.6 Å². The Kier molecular flexibility index (Phi) is 11.1. The Morgan fingerprint density at radius 3 is 2.26 bits per heavy atom. The lowest BCUT2D eigenvalue weighted by atomic mass is 10.2. The zero-order valence-corrected chi connectivity index (χ0v) is 26.4. The highest BCUT2D eigenvalue weighted by Crippen LogP contribution is 2.32. The predicted octanol–water partition coefficient (Wildman–Crippen LogP) is 4.46. The number of hydrogen-bond donors (Lipinski definition) is 4. The maximum Gasteiger partial charge on any atom is 0.406 e. The molecule has 0 saturated carbocycles. The minimum atomic E-state index is -4.48. The van der Waals surface area contributed by atoms with E-state index in [1.807, 2.05) is 43.3 Å². The molecule has 10 nitrogen and oxygen atoms in total. The Bertz CT molecular complexity index is 1810. The van der Waals surface area contributed by atoms with Gasteiger partial charge >= 0.3 is 6.18 Å². The van der Waals surface area contributed by atoms with Gasteiger partial charge in [0.25, 0.3) is 0 Å². The Morgan fingerprint density at radius 2 is 1.65 bits per heavy atom. The lowest BCUT2D eigenvalue weighted by Crippen LogP contribution is -2.35. The van der Waals surface area contributed by atoms with Crippen LogP contribution in [0.4, 0.5) is 35.9 Å². The molecule has 0 saturated heterocycles. The van der Waals surface area contributed by atoms with Gasteiger partial charge in [-0.2, -0.15) is 17.5 Å². The van der Waals surface area contributed by atoms with Crippen LogP contribution in [0.25, 0.3) is 10.9 Å². The molecule has 0 fully saturated rings. The second kappa shape index (κ2) is 14.8. The number of hydrogen-bond acceptors (Lipinski definition) is 8. The Balaban J connectivity index is 1.59. The van der Waals surface area contributed by atoms with Crippen LogP contribution in [0.15, 0.2) is 71.6 Å². The minimum absolute atomic E-state index is 0.0144. The molecule has 0 spiro atoms. The van der Waals surface area contributed by atoms with Crippen molar-refractivity contribution < 1.29 is 36.5 Å². The molecular weight excluding hydrogens is 623 g/mol. The number of halogens is 3. The summed E-state index contributed by atoms with van der Waals surface area (Å²) in [6, 6.07) is 18.5. The monoisotopic (exact) mass is 659 g/mol. The number of rotatable bonds is 13. The van der Waals surface area contributed by atoms with Crippen molar-refractivity contribution in [3.63, 3.8) is 0 Å². The highest BCUT2D eigenvalue weighted by molar-refractivity contribution is 7.89. The predicted molar refractivity (Wildman–Crippen MR) is 173 cm³/mol. The van der Waals surface area contributed by atoms with Gasteiger partial charge in [0.1, 0.15) is 12.3 Å². The smallest absolute Gasteiger partial charge is 0.406 e.